The Balaban J connectivity index is 1.92. The highest BCUT2D eigenvalue weighted by Crippen LogP contribution is 2.44. The van der Waals surface area contributed by atoms with E-state index in [-0.39, 0.29) is 11.2 Å². The van der Waals surface area contributed by atoms with E-state index in [1.807, 2.05) is 26.8 Å². The molecular weight excluding hydrogens is 370 g/mol. The number of aryl methyl sites for hydroxylation is 5. The summed E-state index contributed by atoms with van der Waals surface area (Å²) >= 11 is 1.63. The monoisotopic (exact) mass is 393 g/mol. The summed E-state index contributed by atoms with van der Waals surface area (Å²) in [5.41, 5.74) is 7.27. The third-order valence-electron chi connectivity index (χ3n) is 4.88. The van der Waals surface area contributed by atoms with Gasteiger partial charge in [-0.25, -0.2) is 9.97 Å². The van der Waals surface area contributed by atoms with Gasteiger partial charge in [-0.1, -0.05) is 23.8 Å². The molecule has 1 amide bonds. The maximum atomic E-state index is 12.5. The summed E-state index contributed by atoms with van der Waals surface area (Å²) in [5.74, 6) is 1.50. The van der Waals surface area contributed by atoms with Crippen LogP contribution in [0.25, 0.3) is 5.95 Å². The second-order valence-corrected chi connectivity index (χ2v) is 8.40. The molecule has 0 saturated heterocycles. The van der Waals surface area contributed by atoms with Crippen LogP contribution in [0.3, 0.4) is 0 Å². The molecule has 0 bridgehead atoms. The maximum Gasteiger partial charge on any atom is 0.252 e. The van der Waals surface area contributed by atoms with Gasteiger partial charge in [0, 0.05) is 17.0 Å². The summed E-state index contributed by atoms with van der Waals surface area (Å²) in [6, 6.07) is 8.38. The number of benzene rings is 1. The minimum atomic E-state index is -0.0379. The van der Waals surface area contributed by atoms with Gasteiger partial charge in [-0.2, -0.15) is 9.78 Å². The Labute approximate surface area is 168 Å². The summed E-state index contributed by atoms with van der Waals surface area (Å²) < 4.78 is 1.67. The predicted molar refractivity (Wildman–Crippen MR) is 112 cm³/mol. The summed E-state index contributed by atoms with van der Waals surface area (Å²) in [6.07, 6.45) is 0. The molecule has 1 aromatic carbocycles. The molecule has 3 aromatic rings. The molecule has 0 saturated carbocycles. The van der Waals surface area contributed by atoms with Crippen molar-refractivity contribution in [2.24, 2.45) is 0 Å². The second-order valence-electron chi connectivity index (χ2n) is 7.31. The lowest BCUT2D eigenvalue weighted by molar-refractivity contribution is -0.113. The molecule has 0 aliphatic carbocycles. The number of aromatic nitrogens is 4. The third kappa shape index (κ3) is 3.30. The molecule has 7 heteroatoms. The van der Waals surface area contributed by atoms with E-state index in [1.54, 1.807) is 16.4 Å². The summed E-state index contributed by atoms with van der Waals surface area (Å²) in [7, 11) is 0. The Bertz CT molecular complexity index is 1070. The molecule has 3 heterocycles. The van der Waals surface area contributed by atoms with Crippen LogP contribution in [0.1, 0.15) is 44.6 Å². The van der Waals surface area contributed by atoms with Gasteiger partial charge in [0.15, 0.2) is 0 Å². The number of amides is 1. The number of carbonyl (C=O) groups excluding carboxylic acids is 1. The molecule has 2 aromatic heterocycles. The largest absolute Gasteiger partial charge is 0.309 e. The number of carbonyl (C=O) groups is 1. The van der Waals surface area contributed by atoms with Gasteiger partial charge in [0.05, 0.1) is 16.7 Å². The summed E-state index contributed by atoms with van der Waals surface area (Å²) in [5, 5.41) is 7.77. The van der Waals surface area contributed by atoms with E-state index >= 15 is 0 Å². The second kappa shape index (κ2) is 7.05. The zero-order chi connectivity index (χ0) is 20.0. The standard InChI is InChI=1S/C21H23N5OS/c1-11-6-7-16(12(2)8-11)19-18-15(5)25-26(20(18)24-17(27)10-28-19)21-22-13(3)9-14(4)23-21/h6-9,19H,10H2,1-5H3,(H,24,27)/t19-/m0/s1. The first-order chi connectivity index (χ1) is 13.3. The zero-order valence-corrected chi connectivity index (χ0v) is 17.5. The molecule has 0 radical (unpaired) electrons. The Hall–Kier alpha value is -2.67. The maximum absolute atomic E-state index is 12.5. The third-order valence-corrected chi connectivity index (χ3v) is 6.13. The Kier molecular flexibility index (Phi) is 4.71. The van der Waals surface area contributed by atoms with Crippen molar-refractivity contribution in [3.05, 3.63) is 63.6 Å². The molecule has 6 nitrogen and oxygen atoms in total. The van der Waals surface area contributed by atoms with Crippen LogP contribution >= 0.6 is 11.8 Å². The van der Waals surface area contributed by atoms with Crippen LogP contribution in [0.15, 0.2) is 24.3 Å². The van der Waals surface area contributed by atoms with E-state index in [0.717, 1.165) is 22.6 Å². The van der Waals surface area contributed by atoms with Crippen molar-refractivity contribution >= 4 is 23.5 Å². The number of hydrogen-bond acceptors (Lipinski definition) is 5. The molecule has 1 aliphatic heterocycles. The summed E-state index contributed by atoms with van der Waals surface area (Å²) in [4.78, 5) is 21.6. The Morgan fingerprint density at radius 1 is 1.07 bits per heavy atom. The van der Waals surface area contributed by atoms with E-state index in [0.29, 0.717) is 17.5 Å². The molecule has 0 spiro atoms. The highest BCUT2D eigenvalue weighted by atomic mass is 32.2. The smallest absolute Gasteiger partial charge is 0.252 e. The van der Waals surface area contributed by atoms with Gasteiger partial charge >= 0.3 is 0 Å². The van der Waals surface area contributed by atoms with Gasteiger partial charge < -0.3 is 5.32 Å². The first-order valence-electron chi connectivity index (χ1n) is 9.24. The lowest BCUT2D eigenvalue weighted by Crippen LogP contribution is -2.17. The molecule has 1 atom stereocenters. The normalized spacial score (nSPS) is 16.5. The van der Waals surface area contributed by atoms with Crippen LogP contribution in [0, 0.1) is 34.6 Å². The molecule has 0 fully saturated rings. The minimum Gasteiger partial charge on any atom is -0.309 e. The average molecular weight is 394 g/mol. The van der Waals surface area contributed by atoms with Crippen LogP contribution < -0.4 is 5.32 Å². The number of hydrogen-bond donors (Lipinski definition) is 1. The number of thioether (sulfide) groups is 1. The van der Waals surface area contributed by atoms with Crippen molar-refractivity contribution < 1.29 is 4.79 Å². The first kappa shape index (κ1) is 18.7. The zero-order valence-electron chi connectivity index (χ0n) is 16.7. The summed E-state index contributed by atoms with van der Waals surface area (Å²) in [6.45, 7) is 10.1. The van der Waals surface area contributed by atoms with Crippen molar-refractivity contribution in [3.8, 4) is 5.95 Å². The van der Waals surface area contributed by atoms with Crippen molar-refractivity contribution in [2.45, 2.75) is 39.9 Å². The van der Waals surface area contributed by atoms with Crippen molar-refractivity contribution in [1.29, 1.82) is 0 Å². The molecule has 1 N–H and O–H groups in total. The van der Waals surface area contributed by atoms with Crippen LogP contribution in [-0.2, 0) is 4.79 Å². The predicted octanol–water partition coefficient (Wildman–Crippen LogP) is 3.98. The van der Waals surface area contributed by atoms with Gasteiger partial charge in [-0.05, 0) is 51.8 Å². The van der Waals surface area contributed by atoms with Crippen LogP contribution in [0.5, 0.6) is 0 Å². The minimum absolute atomic E-state index is 0.0224. The molecular formula is C21H23N5OS. The fourth-order valence-corrected chi connectivity index (χ4v) is 4.98. The molecule has 144 valence electrons. The van der Waals surface area contributed by atoms with Crippen LogP contribution in [0.4, 0.5) is 5.82 Å². The topological polar surface area (TPSA) is 72.7 Å². The van der Waals surface area contributed by atoms with E-state index in [2.05, 4.69) is 47.3 Å². The van der Waals surface area contributed by atoms with Crippen LogP contribution in [-0.4, -0.2) is 31.4 Å². The van der Waals surface area contributed by atoms with Gasteiger partial charge in [0.25, 0.3) is 5.95 Å². The Morgan fingerprint density at radius 3 is 2.46 bits per heavy atom. The quantitative estimate of drug-likeness (QED) is 0.713. The van der Waals surface area contributed by atoms with Gasteiger partial charge in [0.2, 0.25) is 5.91 Å². The van der Waals surface area contributed by atoms with Gasteiger partial charge in [-0.3, -0.25) is 4.79 Å². The van der Waals surface area contributed by atoms with Crippen molar-refractivity contribution in [3.63, 3.8) is 0 Å². The highest BCUT2D eigenvalue weighted by molar-refractivity contribution is 8.00. The number of rotatable bonds is 2. The van der Waals surface area contributed by atoms with E-state index < -0.39 is 0 Å². The van der Waals surface area contributed by atoms with Crippen LogP contribution in [0.2, 0.25) is 0 Å². The Morgan fingerprint density at radius 2 is 1.79 bits per heavy atom. The average Bonchev–Trinajstić information content (AvgIpc) is 2.81. The van der Waals surface area contributed by atoms with Crippen molar-refractivity contribution in [2.75, 3.05) is 11.1 Å². The number of fused-ring (bicyclic) bond motifs is 1. The van der Waals surface area contributed by atoms with E-state index in [1.165, 1.54) is 16.7 Å². The van der Waals surface area contributed by atoms with Crippen molar-refractivity contribution in [1.82, 2.24) is 19.7 Å². The number of nitrogens with zero attached hydrogens (tertiary/aromatic N) is 4. The number of nitrogens with one attached hydrogen (secondary N) is 1. The van der Waals surface area contributed by atoms with E-state index in [4.69, 9.17) is 5.10 Å². The lowest BCUT2D eigenvalue weighted by atomic mass is 9.98. The molecule has 0 unspecified atom stereocenters. The molecule has 1 aliphatic rings. The molecule has 4 rings (SSSR count). The first-order valence-corrected chi connectivity index (χ1v) is 10.3. The SMILES string of the molecule is Cc1ccc([C@@H]2SCC(=O)Nc3c2c(C)nn3-c2nc(C)cc(C)n2)c(C)c1. The number of anilines is 1. The molecule has 28 heavy (non-hydrogen) atoms. The highest BCUT2D eigenvalue weighted by Gasteiger charge is 2.31. The lowest BCUT2D eigenvalue weighted by Gasteiger charge is -2.18. The van der Waals surface area contributed by atoms with Gasteiger partial charge in [0.1, 0.15) is 5.82 Å². The van der Waals surface area contributed by atoms with Gasteiger partial charge in [-0.15, -0.1) is 11.8 Å². The fraction of sp³-hybridized carbons (Fsp3) is 0.333. The van der Waals surface area contributed by atoms with E-state index in [9.17, 15) is 4.79 Å². The fourth-order valence-electron chi connectivity index (χ4n) is 3.70.